The van der Waals surface area contributed by atoms with E-state index < -0.39 is 18.2 Å². The highest BCUT2D eigenvalue weighted by molar-refractivity contribution is 5.72. The molecule has 1 saturated heterocycles. The summed E-state index contributed by atoms with van der Waals surface area (Å²) in [6.07, 6.45) is 6.65. The summed E-state index contributed by atoms with van der Waals surface area (Å²) in [5.41, 5.74) is 1.37. The van der Waals surface area contributed by atoms with Crippen LogP contribution in [0.1, 0.15) is 84.1 Å². The van der Waals surface area contributed by atoms with Crippen molar-refractivity contribution in [3.8, 4) is 0 Å². The van der Waals surface area contributed by atoms with Gasteiger partial charge in [-0.1, -0.05) is 44.2 Å². The number of carbonyl (C=O) groups is 3. The third-order valence-electron chi connectivity index (χ3n) is 7.54. The monoisotopic (exact) mass is 531 g/mol. The maximum absolute atomic E-state index is 12.8. The molecule has 0 radical (unpaired) electrons. The number of carbonyl (C=O) groups excluding carboxylic acids is 3. The highest BCUT2D eigenvalue weighted by atomic mass is 16.6. The second-order valence-electron chi connectivity index (χ2n) is 10.9. The molecule has 1 aliphatic heterocycles. The topological polar surface area (TPSA) is 82.1 Å². The van der Waals surface area contributed by atoms with E-state index in [4.69, 9.17) is 14.2 Å². The number of esters is 2. The molecule has 0 bridgehead atoms. The van der Waals surface area contributed by atoms with Crippen LogP contribution in [0.4, 0.5) is 0 Å². The number of unbranched alkanes of at least 4 members (excludes halogenated alkanes) is 1. The Labute approximate surface area is 229 Å². The second kappa shape index (κ2) is 18.1. The average molecular weight is 532 g/mol. The normalized spacial score (nSPS) is 26.5. The molecule has 38 heavy (non-hydrogen) atoms. The average Bonchev–Trinajstić information content (AvgIpc) is 2.90. The van der Waals surface area contributed by atoms with Crippen LogP contribution >= 0.6 is 0 Å². The van der Waals surface area contributed by atoms with E-state index in [1.54, 1.807) is 14.0 Å². The lowest BCUT2D eigenvalue weighted by Gasteiger charge is -2.29. The molecule has 0 aromatic heterocycles. The molecular weight excluding hydrogens is 482 g/mol. The Balaban J connectivity index is 2.08. The minimum absolute atomic E-state index is 0.0544. The van der Waals surface area contributed by atoms with Gasteiger partial charge in [0.25, 0.3) is 0 Å². The Morgan fingerprint density at radius 3 is 2.50 bits per heavy atom. The maximum atomic E-state index is 12.8. The van der Waals surface area contributed by atoms with E-state index in [1.807, 2.05) is 13.0 Å². The van der Waals surface area contributed by atoms with Gasteiger partial charge in [-0.2, -0.15) is 0 Å². The molecule has 0 amide bonds. The van der Waals surface area contributed by atoms with Gasteiger partial charge in [0.05, 0.1) is 12.5 Å². The second-order valence-corrected chi connectivity index (χ2v) is 10.9. The molecule has 7 nitrogen and oxygen atoms in total. The van der Waals surface area contributed by atoms with E-state index in [0.717, 1.165) is 64.4 Å². The molecule has 0 spiro atoms. The van der Waals surface area contributed by atoms with E-state index in [0.29, 0.717) is 18.8 Å². The van der Waals surface area contributed by atoms with Crippen LogP contribution in [0.3, 0.4) is 0 Å². The zero-order chi connectivity index (χ0) is 27.8. The highest BCUT2D eigenvalue weighted by Crippen LogP contribution is 2.27. The molecule has 1 heterocycles. The van der Waals surface area contributed by atoms with Gasteiger partial charge in [-0.15, -0.1) is 0 Å². The largest absolute Gasteiger partial charge is 0.463 e. The van der Waals surface area contributed by atoms with Gasteiger partial charge in [-0.05, 0) is 82.4 Å². The molecular formula is C31H49NO6. The minimum Gasteiger partial charge on any atom is -0.463 e. The molecule has 1 aromatic carbocycles. The summed E-state index contributed by atoms with van der Waals surface area (Å²) >= 11 is 0. The summed E-state index contributed by atoms with van der Waals surface area (Å²) in [7, 11) is 1.57. The Bertz CT molecular complexity index is 816. The summed E-state index contributed by atoms with van der Waals surface area (Å²) in [6, 6.07) is 10.6. The zero-order valence-electron chi connectivity index (χ0n) is 23.9. The van der Waals surface area contributed by atoms with Crippen molar-refractivity contribution in [2.24, 2.45) is 11.8 Å². The van der Waals surface area contributed by atoms with Gasteiger partial charge in [-0.3, -0.25) is 9.59 Å². The van der Waals surface area contributed by atoms with E-state index in [-0.39, 0.29) is 30.8 Å². The molecule has 5 unspecified atom stereocenters. The van der Waals surface area contributed by atoms with E-state index in [1.165, 1.54) is 5.56 Å². The molecule has 0 aliphatic carbocycles. The summed E-state index contributed by atoms with van der Waals surface area (Å²) in [6.45, 7) is 8.74. The Morgan fingerprint density at radius 1 is 1.08 bits per heavy atom. The minimum atomic E-state index is -0.733. The Morgan fingerprint density at radius 2 is 1.82 bits per heavy atom. The highest BCUT2D eigenvalue weighted by Gasteiger charge is 2.31. The van der Waals surface area contributed by atoms with Crippen molar-refractivity contribution < 1.29 is 28.6 Å². The lowest BCUT2D eigenvalue weighted by molar-refractivity contribution is -0.165. The number of aldehydes is 1. The quantitative estimate of drug-likeness (QED) is 0.228. The molecule has 214 valence electrons. The Hall–Kier alpha value is -2.25. The molecule has 1 aromatic rings. The first kappa shape index (κ1) is 32.0. The number of methoxy groups -OCH3 is 1. The van der Waals surface area contributed by atoms with Crippen LogP contribution in [0.5, 0.6) is 0 Å². The summed E-state index contributed by atoms with van der Waals surface area (Å²) in [4.78, 5) is 38.9. The fourth-order valence-corrected chi connectivity index (χ4v) is 5.25. The number of hydrogen-bond acceptors (Lipinski definition) is 7. The first-order valence-electron chi connectivity index (χ1n) is 14.5. The number of aryl methyl sites for hydroxylation is 1. The van der Waals surface area contributed by atoms with Crippen molar-refractivity contribution in [2.45, 2.75) is 103 Å². The van der Waals surface area contributed by atoms with Crippen molar-refractivity contribution >= 4 is 18.2 Å². The lowest BCUT2D eigenvalue weighted by atomic mass is 9.86. The number of ether oxygens (including phenoxy) is 3. The van der Waals surface area contributed by atoms with Crippen LogP contribution in [0, 0.1) is 11.8 Å². The van der Waals surface area contributed by atoms with E-state index >= 15 is 0 Å². The first-order chi connectivity index (χ1) is 18.3. The van der Waals surface area contributed by atoms with Gasteiger partial charge in [0, 0.05) is 26.5 Å². The van der Waals surface area contributed by atoms with Crippen LogP contribution in [0.15, 0.2) is 30.3 Å². The van der Waals surface area contributed by atoms with Crippen molar-refractivity contribution in [1.29, 1.82) is 0 Å². The van der Waals surface area contributed by atoms with Gasteiger partial charge >= 0.3 is 11.9 Å². The standard InChI is InChI=1S/C31H49NO6/c1-5-30(34)38-29-23-31(35)37-25(3)15-19-32(17-10-9-13-26-11-7-6-8-12-26)18-14-24(2)21-27(16-20-33)22-28(29)36-4/h6-8,11-12,20,24-25,27-29H,5,9-10,13-19,21-23H2,1-4H3. The van der Waals surface area contributed by atoms with Crippen LogP contribution in [-0.4, -0.2) is 68.2 Å². The van der Waals surface area contributed by atoms with Gasteiger partial charge in [0.15, 0.2) is 0 Å². The van der Waals surface area contributed by atoms with E-state index in [2.05, 4.69) is 36.1 Å². The van der Waals surface area contributed by atoms with Crippen LogP contribution in [0.2, 0.25) is 0 Å². The Kier molecular flexibility index (Phi) is 15.2. The number of cyclic esters (lactones) is 1. The molecule has 2 rings (SSSR count). The molecule has 0 saturated carbocycles. The number of benzene rings is 1. The molecule has 1 aliphatic rings. The van der Waals surface area contributed by atoms with Gasteiger partial charge in [0.1, 0.15) is 18.5 Å². The van der Waals surface area contributed by atoms with Crippen molar-refractivity contribution in [3.63, 3.8) is 0 Å². The SMILES string of the molecule is CCC(=O)OC1CC(=O)OC(C)CCN(CCCCc2ccccc2)CCC(C)CC(CC=O)CC1OC. The molecule has 5 atom stereocenters. The number of hydrogen-bond donors (Lipinski definition) is 0. The van der Waals surface area contributed by atoms with Gasteiger partial charge in [-0.25, -0.2) is 0 Å². The first-order valence-corrected chi connectivity index (χ1v) is 14.5. The fraction of sp³-hybridized carbons (Fsp3) is 0.710. The molecule has 1 fully saturated rings. The third kappa shape index (κ3) is 12.5. The van der Waals surface area contributed by atoms with Crippen LogP contribution < -0.4 is 0 Å². The smallest absolute Gasteiger partial charge is 0.309 e. The molecule has 7 heteroatoms. The summed E-state index contributed by atoms with van der Waals surface area (Å²) in [5, 5.41) is 0. The predicted octanol–water partition coefficient (Wildman–Crippen LogP) is 5.39. The van der Waals surface area contributed by atoms with Gasteiger partial charge in [0.2, 0.25) is 0 Å². The summed E-state index contributed by atoms with van der Waals surface area (Å²) in [5.74, 6) is -0.243. The van der Waals surface area contributed by atoms with Crippen molar-refractivity contribution in [2.75, 3.05) is 26.7 Å². The predicted molar refractivity (Wildman–Crippen MR) is 149 cm³/mol. The van der Waals surface area contributed by atoms with E-state index in [9.17, 15) is 14.4 Å². The number of nitrogens with zero attached hydrogens (tertiary/aromatic N) is 1. The van der Waals surface area contributed by atoms with Gasteiger partial charge < -0.3 is 23.9 Å². The summed E-state index contributed by atoms with van der Waals surface area (Å²) < 4.78 is 17.1. The number of rotatable bonds is 10. The third-order valence-corrected chi connectivity index (χ3v) is 7.54. The van der Waals surface area contributed by atoms with Crippen molar-refractivity contribution in [1.82, 2.24) is 4.90 Å². The lowest BCUT2D eigenvalue weighted by Crippen LogP contribution is -2.37. The van der Waals surface area contributed by atoms with Crippen LogP contribution in [-0.2, 0) is 35.0 Å². The maximum Gasteiger partial charge on any atom is 0.309 e. The fourth-order valence-electron chi connectivity index (χ4n) is 5.25. The zero-order valence-corrected chi connectivity index (χ0v) is 23.9. The van der Waals surface area contributed by atoms with Crippen LogP contribution in [0.25, 0.3) is 0 Å². The van der Waals surface area contributed by atoms with Crippen molar-refractivity contribution in [3.05, 3.63) is 35.9 Å². The molecule has 0 N–H and O–H groups in total.